The molecule has 0 bridgehead atoms. The summed E-state index contributed by atoms with van der Waals surface area (Å²) in [5, 5.41) is 0. The highest BCUT2D eigenvalue weighted by molar-refractivity contribution is 5.82. The van der Waals surface area contributed by atoms with E-state index in [0.717, 1.165) is 0 Å². The maximum Gasteiger partial charge on any atom is 0.330 e. The van der Waals surface area contributed by atoms with E-state index >= 15 is 0 Å². The molecule has 1 atom stereocenters. The molecule has 0 fully saturated rings. The van der Waals surface area contributed by atoms with Crippen LogP contribution < -0.4 is 5.73 Å². The predicted octanol–water partition coefficient (Wildman–Crippen LogP) is 0.942. The molecule has 0 heterocycles. The van der Waals surface area contributed by atoms with Gasteiger partial charge in [-0.15, -0.1) is 0 Å². The molecule has 0 radical (unpaired) electrons. The van der Waals surface area contributed by atoms with Gasteiger partial charge in [0.1, 0.15) is 0 Å². The quantitative estimate of drug-likeness (QED) is 0.530. The van der Waals surface area contributed by atoms with Crippen LogP contribution in [0.25, 0.3) is 0 Å². The number of esters is 2. The van der Waals surface area contributed by atoms with Gasteiger partial charge in [0, 0.05) is 18.2 Å². The van der Waals surface area contributed by atoms with Crippen LogP contribution in [0.15, 0.2) is 24.3 Å². The lowest BCUT2D eigenvalue weighted by molar-refractivity contribution is -0.138. The zero-order valence-corrected chi connectivity index (χ0v) is 10.2. The highest BCUT2D eigenvalue weighted by Crippen LogP contribution is 1.94. The van der Waals surface area contributed by atoms with Crippen molar-refractivity contribution in [3.63, 3.8) is 0 Å². The number of nitrogens with two attached hydrogens (primary N) is 1. The molecule has 0 unspecified atom stereocenters. The molecular formula is C12H19NO4. The van der Waals surface area contributed by atoms with E-state index in [1.165, 1.54) is 18.2 Å². The van der Waals surface area contributed by atoms with Crippen LogP contribution in [0.1, 0.15) is 20.3 Å². The van der Waals surface area contributed by atoms with Crippen molar-refractivity contribution in [1.29, 1.82) is 0 Å². The van der Waals surface area contributed by atoms with E-state index in [-0.39, 0.29) is 6.04 Å². The molecule has 0 saturated carbocycles. The maximum absolute atomic E-state index is 11.0. The summed E-state index contributed by atoms with van der Waals surface area (Å²) in [7, 11) is 0. The van der Waals surface area contributed by atoms with Gasteiger partial charge >= 0.3 is 11.9 Å². The number of carbonyl (C=O) groups is 2. The van der Waals surface area contributed by atoms with E-state index in [0.29, 0.717) is 19.6 Å². The lowest BCUT2D eigenvalue weighted by Crippen LogP contribution is -2.16. The molecule has 0 aliphatic rings. The van der Waals surface area contributed by atoms with Crippen molar-refractivity contribution in [2.45, 2.75) is 26.3 Å². The Balaban J connectivity index is 3.90. The third-order valence-electron chi connectivity index (χ3n) is 1.71. The SMILES string of the molecule is CCOC(=O)/C=C/C[C@H](N)/C=C/C(=O)OCC. The van der Waals surface area contributed by atoms with E-state index in [2.05, 4.69) is 0 Å². The summed E-state index contributed by atoms with van der Waals surface area (Å²) in [6.45, 7) is 4.15. The van der Waals surface area contributed by atoms with Gasteiger partial charge in [-0.3, -0.25) is 0 Å². The Morgan fingerprint density at radius 3 is 2.18 bits per heavy atom. The summed E-state index contributed by atoms with van der Waals surface area (Å²) < 4.78 is 9.39. The molecule has 0 aromatic heterocycles. The molecule has 0 aromatic carbocycles. The Kier molecular flexibility index (Phi) is 8.68. The molecule has 5 nitrogen and oxygen atoms in total. The smallest absolute Gasteiger partial charge is 0.330 e. The van der Waals surface area contributed by atoms with Crippen LogP contribution in [0.4, 0.5) is 0 Å². The third kappa shape index (κ3) is 9.32. The first-order valence-corrected chi connectivity index (χ1v) is 5.54. The van der Waals surface area contributed by atoms with Crippen molar-refractivity contribution in [2.24, 2.45) is 5.73 Å². The first-order valence-electron chi connectivity index (χ1n) is 5.54. The second-order valence-electron chi connectivity index (χ2n) is 3.17. The third-order valence-corrected chi connectivity index (χ3v) is 1.71. The fourth-order valence-corrected chi connectivity index (χ4v) is 0.983. The van der Waals surface area contributed by atoms with Crippen molar-refractivity contribution in [1.82, 2.24) is 0 Å². The van der Waals surface area contributed by atoms with E-state index in [4.69, 9.17) is 15.2 Å². The number of carbonyl (C=O) groups excluding carboxylic acids is 2. The van der Waals surface area contributed by atoms with Gasteiger partial charge in [0.2, 0.25) is 0 Å². The average Bonchev–Trinajstić information content (AvgIpc) is 2.27. The minimum absolute atomic E-state index is 0.329. The van der Waals surface area contributed by atoms with Crippen LogP contribution in [0.3, 0.4) is 0 Å². The van der Waals surface area contributed by atoms with E-state index in [1.807, 2.05) is 0 Å². The zero-order valence-electron chi connectivity index (χ0n) is 10.2. The van der Waals surface area contributed by atoms with Crippen LogP contribution in [0.5, 0.6) is 0 Å². The Hall–Kier alpha value is -1.62. The van der Waals surface area contributed by atoms with Crippen LogP contribution in [0, 0.1) is 0 Å². The Morgan fingerprint density at radius 2 is 1.65 bits per heavy atom. The standard InChI is InChI=1S/C12H19NO4/c1-3-16-11(14)7-5-6-10(13)8-9-12(15)17-4-2/h5,7-10H,3-4,6,13H2,1-2H3/b7-5+,9-8+/t10-/m0/s1. The molecule has 0 rings (SSSR count). The molecule has 0 spiro atoms. The lowest BCUT2D eigenvalue weighted by Gasteiger charge is -2.01. The minimum Gasteiger partial charge on any atom is -0.463 e. The number of rotatable bonds is 7. The molecular weight excluding hydrogens is 222 g/mol. The molecule has 0 aromatic rings. The van der Waals surface area contributed by atoms with E-state index in [1.54, 1.807) is 19.9 Å². The highest BCUT2D eigenvalue weighted by atomic mass is 16.5. The van der Waals surface area contributed by atoms with Crippen molar-refractivity contribution < 1.29 is 19.1 Å². The van der Waals surface area contributed by atoms with E-state index in [9.17, 15) is 9.59 Å². The van der Waals surface area contributed by atoms with Gasteiger partial charge in [-0.1, -0.05) is 12.2 Å². The molecule has 0 aliphatic heterocycles. The van der Waals surface area contributed by atoms with Crippen molar-refractivity contribution in [3.05, 3.63) is 24.3 Å². The molecule has 0 amide bonds. The average molecular weight is 241 g/mol. The minimum atomic E-state index is -0.419. The zero-order chi connectivity index (χ0) is 13.1. The summed E-state index contributed by atoms with van der Waals surface area (Å²) in [6.07, 6.45) is 6.20. The topological polar surface area (TPSA) is 78.6 Å². The maximum atomic E-state index is 11.0. The second kappa shape index (κ2) is 9.59. The van der Waals surface area contributed by atoms with Crippen LogP contribution >= 0.6 is 0 Å². The first kappa shape index (κ1) is 15.4. The highest BCUT2D eigenvalue weighted by Gasteiger charge is 1.99. The van der Waals surface area contributed by atoms with Gasteiger partial charge in [-0.05, 0) is 20.3 Å². The van der Waals surface area contributed by atoms with Gasteiger partial charge in [0.05, 0.1) is 13.2 Å². The van der Waals surface area contributed by atoms with Gasteiger partial charge in [0.15, 0.2) is 0 Å². The second-order valence-corrected chi connectivity index (χ2v) is 3.17. The Morgan fingerprint density at radius 1 is 1.12 bits per heavy atom. The van der Waals surface area contributed by atoms with E-state index < -0.39 is 11.9 Å². The molecule has 17 heavy (non-hydrogen) atoms. The summed E-state index contributed by atoms with van der Waals surface area (Å²) in [6, 6.07) is -0.329. The van der Waals surface area contributed by atoms with Crippen molar-refractivity contribution in [3.8, 4) is 0 Å². The van der Waals surface area contributed by atoms with Crippen LogP contribution in [0.2, 0.25) is 0 Å². The number of hydrogen-bond acceptors (Lipinski definition) is 5. The molecule has 0 aliphatic carbocycles. The fourth-order valence-electron chi connectivity index (χ4n) is 0.983. The largest absolute Gasteiger partial charge is 0.463 e. The monoisotopic (exact) mass is 241 g/mol. The Labute approximate surface area is 101 Å². The molecule has 0 saturated heterocycles. The molecule has 2 N–H and O–H groups in total. The van der Waals surface area contributed by atoms with Crippen molar-refractivity contribution >= 4 is 11.9 Å². The summed E-state index contributed by atoms with van der Waals surface area (Å²) in [5.41, 5.74) is 5.68. The summed E-state index contributed by atoms with van der Waals surface area (Å²) >= 11 is 0. The Bertz CT molecular complexity index is 297. The van der Waals surface area contributed by atoms with Gasteiger partial charge in [-0.2, -0.15) is 0 Å². The van der Waals surface area contributed by atoms with Gasteiger partial charge < -0.3 is 15.2 Å². The molecule has 5 heteroatoms. The summed E-state index contributed by atoms with van der Waals surface area (Å²) in [5.74, 6) is -0.814. The normalized spacial score (nSPS) is 12.9. The van der Waals surface area contributed by atoms with Gasteiger partial charge in [-0.25, -0.2) is 9.59 Å². The van der Waals surface area contributed by atoms with Crippen LogP contribution in [-0.2, 0) is 19.1 Å². The lowest BCUT2D eigenvalue weighted by atomic mass is 10.2. The summed E-state index contributed by atoms with van der Waals surface area (Å²) in [4.78, 5) is 21.9. The van der Waals surface area contributed by atoms with Crippen LogP contribution in [-0.4, -0.2) is 31.2 Å². The fraction of sp³-hybridized carbons (Fsp3) is 0.500. The predicted molar refractivity (Wildman–Crippen MR) is 64.1 cm³/mol. The molecule has 96 valence electrons. The van der Waals surface area contributed by atoms with Gasteiger partial charge in [0.25, 0.3) is 0 Å². The van der Waals surface area contributed by atoms with Crippen molar-refractivity contribution in [2.75, 3.05) is 13.2 Å². The first-order chi connectivity index (χ1) is 8.10. The number of ether oxygens (including phenoxy) is 2. The number of hydrogen-bond donors (Lipinski definition) is 1.